The quantitative estimate of drug-likeness (QED) is 0.507. The van der Waals surface area contributed by atoms with Crippen molar-refractivity contribution in [1.82, 2.24) is 0 Å². The minimum atomic E-state index is -0.507. The fraction of sp³-hybridized carbons (Fsp3) is 0.966. The lowest BCUT2D eigenvalue weighted by Crippen LogP contribution is -2.61. The van der Waals surface area contributed by atoms with Crippen molar-refractivity contribution in [2.75, 3.05) is 0 Å². The highest BCUT2D eigenvalue weighted by molar-refractivity contribution is 5.86. The molecule has 0 bridgehead atoms. The lowest BCUT2D eigenvalue weighted by Gasteiger charge is -2.61. The molecule has 0 aromatic rings. The van der Waals surface area contributed by atoms with Crippen LogP contribution in [-0.4, -0.2) is 28.2 Å². The van der Waals surface area contributed by atoms with Crippen LogP contribution in [0.1, 0.15) is 106 Å². The number of Topliss-reactive ketones (excluding diaryl/α,β-unsaturated/α-hetero) is 1. The summed E-state index contributed by atoms with van der Waals surface area (Å²) < 4.78 is 0. The van der Waals surface area contributed by atoms with E-state index in [0.29, 0.717) is 36.5 Å². The van der Waals surface area contributed by atoms with Crippen LogP contribution in [-0.2, 0) is 4.79 Å². The fourth-order valence-electron chi connectivity index (χ4n) is 9.71. The Hall–Kier alpha value is -0.410. The number of aliphatic hydroxyl groups is 2. The number of carbonyl (C=O) groups is 1. The molecule has 0 saturated heterocycles. The standard InChI is InChI=1S/C29H50O3/c1-7-19(17(2)3)9-8-18(4)22-10-11-23-27-24(12-13-28(22,23)5)29(6)20(15-25(27)31)14-21(30)16-26(29)32/h17-25,27,30-31H,7-16H2,1-6H3/t18-,19-,20-,21-,22-,23+,24+,25-,27+,28-,29+/m1/s1. The number of hydrogen-bond acceptors (Lipinski definition) is 3. The van der Waals surface area contributed by atoms with Gasteiger partial charge in [0.25, 0.3) is 0 Å². The van der Waals surface area contributed by atoms with Crippen molar-refractivity contribution in [2.45, 2.75) is 118 Å². The SMILES string of the molecule is CC[C@H](CC[C@@H](C)[C@H]1CC[C@H]2[C@@H]3[C@H](O)C[C@H]4C[C@@H](O)CC(=O)[C@]4(C)[C@H]3CC[C@]12C)C(C)C. The maximum Gasteiger partial charge on any atom is 0.141 e. The highest BCUT2D eigenvalue weighted by Crippen LogP contribution is 2.67. The van der Waals surface area contributed by atoms with E-state index in [9.17, 15) is 15.0 Å². The van der Waals surface area contributed by atoms with E-state index in [1.807, 2.05) is 0 Å². The Morgan fingerprint density at radius 1 is 1.00 bits per heavy atom. The van der Waals surface area contributed by atoms with Gasteiger partial charge >= 0.3 is 0 Å². The molecule has 0 aliphatic heterocycles. The van der Waals surface area contributed by atoms with Crippen molar-refractivity contribution in [1.29, 1.82) is 0 Å². The van der Waals surface area contributed by atoms with Gasteiger partial charge in [-0.2, -0.15) is 0 Å². The van der Waals surface area contributed by atoms with Gasteiger partial charge in [0.2, 0.25) is 0 Å². The smallest absolute Gasteiger partial charge is 0.141 e. The molecule has 11 atom stereocenters. The Morgan fingerprint density at radius 2 is 1.72 bits per heavy atom. The lowest BCUT2D eigenvalue weighted by atomic mass is 9.43. The van der Waals surface area contributed by atoms with Crippen molar-refractivity contribution in [3.05, 3.63) is 0 Å². The Kier molecular flexibility index (Phi) is 6.94. The zero-order valence-corrected chi connectivity index (χ0v) is 21.6. The summed E-state index contributed by atoms with van der Waals surface area (Å²) in [5, 5.41) is 21.6. The van der Waals surface area contributed by atoms with Crippen molar-refractivity contribution in [3.8, 4) is 0 Å². The van der Waals surface area contributed by atoms with Crippen molar-refractivity contribution >= 4 is 5.78 Å². The number of ketones is 1. The average Bonchev–Trinajstić information content (AvgIpc) is 3.07. The van der Waals surface area contributed by atoms with Gasteiger partial charge in [0.15, 0.2) is 0 Å². The molecule has 2 N–H and O–H groups in total. The molecule has 0 aromatic heterocycles. The van der Waals surface area contributed by atoms with Gasteiger partial charge in [0.05, 0.1) is 12.2 Å². The molecule has 3 heteroatoms. The first-order valence-corrected chi connectivity index (χ1v) is 13.9. The monoisotopic (exact) mass is 446 g/mol. The first-order chi connectivity index (χ1) is 15.0. The highest BCUT2D eigenvalue weighted by Gasteiger charge is 2.64. The fourth-order valence-corrected chi connectivity index (χ4v) is 9.71. The van der Waals surface area contributed by atoms with E-state index in [-0.39, 0.29) is 29.1 Å². The molecule has 4 rings (SSSR count). The Bertz CT molecular complexity index is 688. The van der Waals surface area contributed by atoms with Gasteiger partial charge in [-0.25, -0.2) is 0 Å². The third-order valence-corrected chi connectivity index (χ3v) is 11.7. The second-order valence-corrected chi connectivity index (χ2v) is 13.3. The number of aliphatic hydroxyl groups excluding tert-OH is 2. The van der Waals surface area contributed by atoms with Crippen LogP contribution in [0.25, 0.3) is 0 Å². The summed E-state index contributed by atoms with van der Waals surface area (Å²) in [6.45, 7) is 14.3. The summed E-state index contributed by atoms with van der Waals surface area (Å²) in [7, 11) is 0. The van der Waals surface area contributed by atoms with Crippen LogP contribution in [0, 0.1) is 58.2 Å². The molecule has 0 radical (unpaired) electrons. The van der Waals surface area contributed by atoms with E-state index >= 15 is 0 Å². The van der Waals surface area contributed by atoms with Gasteiger partial charge in [0.1, 0.15) is 5.78 Å². The zero-order chi connectivity index (χ0) is 23.4. The van der Waals surface area contributed by atoms with Crippen LogP contribution in [0.5, 0.6) is 0 Å². The molecule has 4 aliphatic rings. The molecular formula is C29H50O3. The summed E-state index contributed by atoms with van der Waals surface area (Å²) in [6, 6.07) is 0. The van der Waals surface area contributed by atoms with Crippen molar-refractivity contribution in [2.24, 2.45) is 58.2 Å². The van der Waals surface area contributed by atoms with Crippen LogP contribution in [0.3, 0.4) is 0 Å². The largest absolute Gasteiger partial charge is 0.393 e. The van der Waals surface area contributed by atoms with Gasteiger partial charge < -0.3 is 10.2 Å². The molecule has 0 unspecified atom stereocenters. The number of rotatable bonds is 6. The molecule has 0 aromatic carbocycles. The predicted molar refractivity (Wildman–Crippen MR) is 130 cm³/mol. The molecule has 4 fully saturated rings. The topological polar surface area (TPSA) is 57.5 Å². The highest BCUT2D eigenvalue weighted by atomic mass is 16.3. The van der Waals surface area contributed by atoms with E-state index in [4.69, 9.17) is 0 Å². The van der Waals surface area contributed by atoms with Gasteiger partial charge in [-0.3, -0.25) is 4.79 Å². The molecular weight excluding hydrogens is 396 g/mol. The van der Waals surface area contributed by atoms with Gasteiger partial charge in [-0.15, -0.1) is 0 Å². The van der Waals surface area contributed by atoms with Crippen molar-refractivity contribution in [3.63, 3.8) is 0 Å². The summed E-state index contributed by atoms with van der Waals surface area (Å²) in [6.07, 6.45) is 9.68. The number of fused-ring (bicyclic) bond motifs is 5. The molecule has 3 nitrogen and oxygen atoms in total. The summed E-state index contributed by atoms with van der Waals surface area (Å²) >= 11 is 0. The average molecular weight is 447 g/mol. The summed E-state index contributed by atoms with van der Waals surface area (Å²) in [4.78, 5) is 13.3. The third-order valence-electron chi connectivity index (χ3n) is 11.7. The Balaban J connectivity index is 1.52. The van der Waals surface area contributed by atoms with Crippen molar-refractivity contribution < 1.29 is 15.0 Å². The number of carbonyl (C=O) groups excluding carboxylic acids is 1. The van der Waals surface area contributed by atoms with Crippen LogP contribution in [0.2, 0.25) is 0 Å². The van der Waals surface area contributed by atoms with Crippen LogP contribution >= 0.6 is 0 Å². The van der Waals surface area contributed by atoms with E-state index in [0.717, 1.165) is 30.1 Å². The maximum atomic E-state index is 13.3. The second kappa shape index (κ2) is 8.99. The van der Waals surface area contributed by atoms with Gasteiger partial charge in [-0.05, 0) is 97.7 Å². The van der Waals surface area contributed by atoms with E-state index in [1.54, 1.807) is 0 Å². The lowest BCUT2D eigenvalue weighted by molar-refractivity contribution is -0.182. The Morgan fingerprint density at radius 3 is 2.38 bits per heavy atom. The molecule has 0 amide bonds. The van der Waals surface area contributed by atoms with Gasteiger partial charge in [0, 0.05) is 11.8 Å². The number of hydrogen-bond donors (Lipinski definition) is 2. The van der Waals surface area contributed by atoms with Crippen LogP contribution in [0.4, 0.5) is 0 Å². The van der Waals surface area contributed by atoms with Gasteiger partial charge in [-0.1, -0.05) is 54.4 Å². The molecule has 0 spiro atoms. The Labute approximate surface area is 197 Å². The normalized spacial score (nSPS) is 48.2. The zero-order valence-electron chi connectivity index (χ0n) is 21.6. The molecule has 0 heterocycles. The molecule has 184 valence electrons. The van der Waals surface area contributed by atoms with E-state index < -0.39 is 6.10 Å². The molecule has 4 aliphatic carbocycles. The predicted octanol–water partition coefficient (Wildman–Crippen LogP) is 6.25. The summed E-state index contributed by atoms with van der Waals surface area (Å²) in [5.74, 6) is 4.64. The third kappa shape index (κ3) is 3.82. The minimum absolute atomic E-state index is 0.150. The summed E-state index contributed by atoms with van der Waals surface area (Å²) in [5.41, 5.74) is -0.0265. The maximum absolute atomic E-state index is 13.3. The first kappa shape index (κ1) is 24.7. The molecule has 4 saturated carbocycles. The minimum Gasteiger partial charge on any atom is -0.393 e. The second-order valence-electron chi connectivity index (χ2n) is 13.3. The van der Waals surface area contributed by atoms with E-state index in [1.165, 1.54) is 38.5 Å². The first-order valence-electron chi connectivity index (χ1n) is 13.9. The van der Waals surface area contributed by atoms with Crippen LogP contribution in [0.15, 0.2) is 0 Å². The van der Waals surface area contributed by atoms with E-state index in [2.05, 4.69) is 41.5 Å². The van der Waals surface area contributed by atoms with Crippen LogP contribution < -0.4 is 0 Å². The molecule has 32 heavy (non-hydrogen) atoms.